The Kier molecular flexibility index (Phi) is 4.23. The van der Waals surface area contributed by atoms with E-state index in [2.05, 4.69) is 16.5 Å². The van der Waals surface area contributed by atoms with Gasteiger partial charge in [0.15, 0.2) is 5.16 Å². The molecule has 0 N–H and O–H groups in total. The number of thioether (sulfide) groups is 1. The van der Waals surface area contributed by atoms with E-state index in [0.717, 1.165) is 17.4 Å². The van der Waals surface area contributed by atoms with Crippen molar-refractivity contribution in [2.24, 2.45) is 0 Å². The van der Waals surface area contributed by atoms with E-state index < -0.39 is 0 Å². The summed E-state index contributed by atoms with van der Waals surface area (Å²) in [5, 5.41) is 1.56. The summed E-state index contributed by atoms with van der Waals surface area (Å²) in [6, 6.07) is 5.88. The van der Waals surface area contributed by atoms with E-state index in [1.807, 2.05) is 29.0 Å². The van der Waals surface area contributed by atoms with Gasteiger partial charge in [0.1, 0.15) is 0 Å². The zero-order valence-electron chi connectivity index (χ0n) is 9.21. The quantitative estimate of drug-likeness (QED) is 0.778. The third kappa shape index (κ3) is 3.61. The van der Waals surface area contributed by atoms with Crippen molar-refractivity contribution in [1.82, 2.24) is 14.5 Å². The third-order valence-electron chi connectivity index (χ3n) is 2.09. The molecule has 0 saturated heterocycles. The lowest BCUT2D eigenvalue weighted by atomic mass is 10.3. The molecule has 17 heavy (non-hydrogen) atoms. The second kappa shape index (κ2) is 5.89. The molecule has 0 spiro atoms. The molecule has 0 aliphatic carbocycles. The fourth-order valence-corrected chi connectivity index (χ4v) is 2.24. The van der Waals surface area contributed by atoms with Crippen molar-refractivity contribution in [3.63, 3.8) is 0 Å². The van der Waals surface area contributed by atoms with E-state index in [1.54, 1.807) is 24.2 Å². The summed E-state index contributed by atoms with van der Waals surface area (Å²) in [6.07, 6.45) is 5.51. The Morgan fingerprint density at radius 2 is 2.24 bits per heavy atom. The molecule has 2 aromatic heterocycles. The Morgan fingerprint density at radius 3 is 2.94 bits per heavy atom. The minimum Gasteiger partial charge on any atom is -0.320 e. The van der Waals surface area contributed by atoms with Gasteiger partial charge >= 0.3 is 0 Å². The highest BCUT2D eigenvalue weighted by Gasteiger charge is 2.05. The molecule has 0 fully saturated rings. The van der Waals surface area contributed by atoms with Crippen LogP contribution in [0.25, 0.3) is 0 Å². The maximum atomic E-state index is 5.74. The molecule has 0 atom stereocenters. The smallest absolute Gasteiger partial charge is 0.168 e. The molecular weight excluding hydrogens is 254 g/mol. The number of halogens is 1. The Hall–Kier alpha value is -1.26. The van der Waals surface area contributed by atoms with Gasteiger partial charge in [0.25, 0.3) is 0 Å². The first-order valence-electron chi connectivity index (χ1n) is 5.13. The van der Waals surface area contributed by atoms with Crippen molar-refractivity contribution in [3.8, 4) is 0 Å². The SMILES string of the molecule is C=C(Cl)CSc1nccn1Cc1ccccn1. The van der Waals surface area contributed by atoms with E-state index in [-0.39, 0.29) is 0 Å². The van der Waals surface area contributed by atoms with Gasteiger partial charge in [-0.25, -0.2) is 4.98 Å². The van der Waals surface area contributed by atoms with Crippen LogP contribution in [0.2, 0.25) is 0 Å². The molecular formula is C12H12ClN3S. The Morgan fingerprint density at radius 1 is 1.35 bits per heavy atom. The molecule has 2 rings (SSSR count). The largest absolute Gasteiger partial charge is 0.320 e. The fraction of sp³-hybridized carbons (Fsp3) is 0.167. The van der Waals surface area contributed by atoms with Crippen molar-refractivity contribution in [3.05, 3.63) is 54.1 Å². The Bertz CT molecular complexity index is 495. The zero-order valence-corrected chi connectivity index (χ0v) is 10.8. The number of hydrogen-bond donors (Lipinski definition) is 0. The lowest BCUT2D eigenvalue weighted by molar-refractivity contribution is 0.694. The predicted octanol–water partition coefficient (Wildman–Crippen LogP) is 3.17. The lowest BCUT2D eigenvalue weighted by Crippen LogP contribution is -2.02. The van der Waals surface area contributed by atoms with Crippen molar-refractivity contribution >= 4 is 23.4 Å². The molecule has 0 unspecified atom stereocenters. The first-order valence-corrected chi connectivity index (χ1v) is 6.49. The van der Waals surface area contributed by atoms with E-state index in [4.69, 9.17) is 11.6 Å². The number of hydrogen-bond acceptors (Lipinski definition) is 3. The van der Waals surface area contributed by atoms with Gasteiger partial charge in [-0.15, -0.1) is 0 Å². The standard InChI is InChI=1S/C12H12ClN3S/c1-10(13)9-17-12-15-6-7-16(12)8-11-4-2-3-5-14-11/h2-7H,1,8-9H2. The molecule has 0 amide bonds. The molecule has 2 aromatic rings. The summed E-state index contributed by atoms with van der Waals surface area (Å²) in [6.45, 7) is 4.38. The van der Waals surface area contributed by atoms with Gasteiger partial charge < -0.3 is 4.57 Å². The van der Waals surface area contributed by atoms with Crippen molar-refractivity contribution in [2.75, 3.05) is 5.75 Å². The van der Waals surface area contributed by atoms with Gasteiger partial charge in [0, 0.05) is 29.4 Å². The van der Waals surface area contributed by atoms with Crippen LogP contribution in [0.5, 0.6) is 0 Å². The molecule has 0 bridgehead atoms. The van der Waals surface area contributed by atoms with Crippen LogP contribution in [0.1, 0.15) is 5.69 Å². The molecule has 3 nitrogen and oxygen atoms in total. The summed E-state index contributed by atoms with van der Waals surface area (Å²) in [5.41, 5.74) is 1.01. The molecule has 0 aliphatic rings. The molecule has 5 heteroatoms. The number of nitrogens with zero attached hydrogens (tertiary/aromatic N) is 3. The molecule has 0 aromatic carbocycles. The van der Waals surface area contributed by atoms with Crippen LogP contribution in [-0.4, -0.2) is 20.3 Å². The number of pyridine rings is 1. The van der Waals surface area contributed by atoms with Crippen LogP contribution in [-0.2, 0) is 6.54 Å². The maximum absolute atomic E-state index is 5.74. The van der Waals surface area contributed by atoms with Crippen molar-refractivity contribution in [2.45, 2.75) is 11.7 Å². The van der Waals surface area contributed by atoms with E-state index in [0.29, 0.717) is 10.8 Å². The summed E-state index contributed by atoms with van der Waals surface area (Å²) < 4.78 is 2.05. The lowest BCUT2D eigenvalue weighted by Gasteiger charge is -2.06. The van der Waals surface area contributed by atoms with Crippen LogP contribution >= 0.6 is 23.4 Å². The van der Waals surface area contributed by atoms with Crippen LogP contribution in [0.4, 0.5) is 0 Å². The van der Waals surface area contributed by atoms with E-state index in [1.165, 1.54) is 0 Å². The highest BCUT2D eigenvalue weighted by atomic mass is 35.5. The van der Waals surface area contributed by atoms with E-state index >= 15 is 0 Å². The predicted molar refractivity (Wildman–Crippen MR) is 71.3 cm³/mol. The first-order chi connectivity index (χ1) is 8.25. The van der Waals surface area contributed by atoms with E-state index in [9.17, 15) is 0 Å². The van der Waals surface area contributed by atoms with Crippen molar-refractivity contribution < 1.29 is 0 Å². The average molecular weight is 266 g/mol. The molecule has 0 saturated carbocycles. The van der Waals surface area contributed by atoms with Gasteiger partial charge in [-0.3, -0.25) is 4.98 Å². The summed E-state index contributed by atoms with van der Waals surface area (Å²) in [7, 11) is 0. The van der Waals surface area contributed by atoms with Crippen LogP contribution < -0.4 is 0 Å². The van der Waals surface area contributed by atoms with Gasteiger partial charge in [0.05, 0.1) is 12.2 Å². The topological polar surface area (TPSA) is 30.7 Å². The van der Waals surface area contributed by atoms with Crippen LogP contribution in [0, 0.1) is 0 Å². The number of rotatable bonds is 5. The third-order valence-corrected chi connectivity index (χ3v) is 3.48. The Balaban J connectivity index is 2.06. The normalized spacial score (nSPS) is 10.4. The highest BCUT2D eigenvalue weighted by Crippen LogP contribution is 2.20. The van der Waals surface area contributed by atoms with Gasteiger partial charge in [-0.2, -0.15) is 0 Å². The number of aromatic nitrogens is 3. The monoisotopic (exact) mass is 265 g/mol. The summed E-state index contributed by atoms with van der Waals surface area (Å²) >= 11 is 7.32. The fourth-order valence-electron chi connectivity index (χ4n) is 1.37. The summed E-state index contributed by atoms with van der Waals surface area (Å²) in [5.74, 6) is 0.667. The molecule has 88 valence electrons. The minimum atomic E-state index is 0.627. The second-order valence-electron chi connectivity index (χ2n) is 3.46. The maximum Gasteiger partial charge on any atom is 0.168 e. The average Bonchev–Trinajstić information content (AvgIpc) is 2.75. The van der Waals surface area contributed by atoms with Gasteiger partial charge in [-0.1, -0.05) is 36.0 Å². The van der Waals surface area contributed by atoms with Crippen LogP contribution in [0.3, 0.4) is 0 Å². The summed E-state index contributed by atoms with van der Waals surface area (Å²) in [4.78, 5) is 8.57. The van der Waals surface area contributed by atoms with Crippen LogP contribution in [0.15, 0.2) is 53.6 Å². The Labute approximate surface area is 110 Å². The number of imidazole rings is 1. The van der Waals surface area contributed by atoms with Gasteiger partial charge in [-0.05, 0) is 12.1 Å². The highest BCUT2D eigenvalue weighted by molar-refractivity contribution is 7.99. The van der Waals surface area contributed by atoms with Crippen molar-refractivity contribution in [1.29, 1.82) is 0 Å². The minimum absolute atomic E-state index is 0.627. The van der Waals surface area contributed by atoms with Gasteiger partial charge in [0.2, 0.25) is 0 Å². The molecule has 2 heterocycles. The first kappa shape index (κ1) is 12.2. The molecule has 0 radical (unpaired) electrons. The molecule has 0 aliphatic heterocycles. The zero-order chi connectivity index (χ0) is 12.1. The second-order valence-corrected chi connectivity index (χ2v) is 4.94.